The number of hydrogen-bond donors (Lipinski definition) is 1. The Labute approximate surface area is 131 Å². The van der Waals surface area contributed by atoms with Gasteiger partial charge >= 0.3 is 0 Å². The number of benzene rings is 1. The first-order valence-electron chi connectivity index (χ1n) is 7.55. The van der Waals surface area contributed by atoms with Crippen LogP contribution >= 0.6 is 11.6 Å². The van der Waals surface area contributed by atoms with Crippen LogP contribution in [0.4, 0.5) is 0 Å². The van der Waals surface area contributed by atoms with E-state index in [2.05, 4.69) is 0 Å². The molecule has 118 valence electrons. The highest BCUT2D eigenvalue weighted by Gasteiger charge is 2.16. The zero-order chi connectivity index (χ0) is 15.1. The molecule has 0 aromatic heterocycles. The summed E-state index contributed by atoms with van der Waals surface area (Å²) in [4.78, 5) is 0. The summed E-state index contributed by atoms with van der Waals surface area (Å²) in [6.45, 7) is 2.10. The molecule has 2 N–H and O–H groups in total. The molecule has 1 heterocycles. The van der Waals surface area contributed by atoms with Gasteiger partial charge in [-0.2, -0.15) is 0 Å². The second kappa shape index (κ2) is 8.47. The van der Waals surface area contributed by atoms with Crippen molar-refractivity contribution >= 4 is 11.6 Å². The summed E-state index contributed by atoms with van der Waals surface area (Å²) in [7, 11) is 1.62. The van der Waals surface area contributed by atoms with Gasteiger partial charge in [-0.3, -0.25) is 0 Å². The summed E-state index contributed by atoms with van der Waals surface area (Å²) in [6, 6.07) is 3.67. The molecule has 21 heavy (non-hydrogen) atoms. The molecule has 1 saturated heterocycles. The average Bonchev–Trinajstić information content (AvgIpc) is 2.98. The first-order chi connectivity index (χ1) is 10.2. The van der Waals surface area contributed by atoms with E-state index >= 15 is 0 Å². The predicted octanol–water partition coefficient (Wildman–Crippen LogP) is 3.19. The maximum atomic E-state index is 6.09. The van der Waals surface area contributed by atoms with Crippen molar-refractivity contribution in [2.45, 2.75) is 38.2 Å². The lowest BCUT2D eigenvalue weighted by Crippen LogP contribution is -2.10. The molecule has 5 heteroatoms. The van der Waals surface area contributed by atoms with Crippen molar-refractivity contribution in [1.82, 2.24) is 0 Å². The third-order valence-corrected chi connectivity index (χ3v) is 3.89. The van der Waals surface area contributed by atoms with Crippen molar-refractivity contribution in [2.75, 3.05) is 26.9 Å². The zero-order valence-electron chi connectivity index (χ0n) is 12.6. The van der Waals surface area contributed by atoms with Gasteiger partial charge in [0.1, 0.15) is 0 Å². The van der Waals surface area contributed by atoms with E-state index in [1.807, 2.05) is 6.07 Å². The van der Waals surface area contributed by atoms with Crippen molar-refractivity contribution in [1.29, 1.82) is 0 Å². The van der Waals surface area contributed by atoms with Crippen LogP contribution in [0, 0.1) is 0 Å². The van der Waals surface area contributed by atoms with E-state index in [0.717, 1.165) is 37.2 Å². The summed E-state index contributed by atoms with van der Waals surface area (Å²) in [6.07, 6.45) is 5.49. The molecular weight excluding hydrogens is 290 g/mol. The third-order valence-electron chi connectivity index (χ3n) is 3.67. The van der Waals surface area contributed by atoms with Gasteiger partial charge in [0.25, 0.3) is 0 Å². The largest absolute Gasteiger partial charge is 0.493 e. The average molecular weight is 314 g/mol. The van der Waals surface area contributed by atoms with Crippen LogP contribution in [0.1, 0.15) is 31.2 Å². The summed E-state index contributed by atoms with van der Waals surface area (Å²) in [5.74, 6) is 1.43. The Hall–Kier alpha value is -0.970. The molecule has 1 aliphatic heterocycles. The van der Waals surface area contributed by atoms with Crippen LogP contribution in [0.15, 0.2) is 12.1 Å². The number of halogens is 1. The van der Waals surface area contributed by atoms with E-state index in [4.69, 9.17) is 31.5 Å². The fraction of sp³-hybridized carbons (Fsp3) is 0.625. The van der Waals surface area contributed by atoms with E-state index in [-0.39, 0.29) is 0 Å². The van der Waals surface area contributed by atoms with Crippen molar-refractivity contribution in [2.24, 2.45) is 5.73 Å². The Morgan fingerprint density at radius 2 is 2.29 bits per heavy atom. The van der Waals surface area contributed by atoms with E-state index in [1.165, 1.54) is 12.8 Å². The van der Waals surface area contributed by atoms with Crippen LogP contribution in [0.5, 0.6) is 11.5 Å². The lowest BCUT2D eigenvalue weighted by atomic mass is 10.1. The fourth-order valence-corrected chi connectivity index (χ4v) is 2.87. The van der Waals surface area contributed by atoms with Gasteiger partial charge in [0.05, 0.1) is 19.8 Å². The smallest absolute Gasteiger partial charge is 0.164 e. The molecule has 1 aromatic rings. The Balaban J connectivity index is 1.93. The summed E-state index contributed by atoms with van der Waals surface area (Å²) in [5.41, 5.74) is 6.65. The molecule has 4 nitrogen and oxygen atoms in total. The first kappa shape index (κ1) is 16.4. The molecular formula is C16H24ClNO3. The van der Waals surface area contributed by atoms with Gasteiger partial charge in [0.15, 0.2) is 11.5 Å². The van der Waals surface area contributed by atoms with Crippen LogP contribution in [-0.2, 0) is 11.2 Å². The SMILES string of the molecule is COc1cc(Cl)cc(CCN)c1OCCCC1CCCO1. The minimum Gasteiger partial charge on any atom is -0.493 e. The van der Waals surface area contributed by atoms with Crippen LogP contribution in [-0.4, -0.2) is 33.0 Å². The van der Waals surface area contributed by atoms with Gasteiger partial charge in [-0.1, -0.05) is 11.6 Å². The molecule has 0 bridgehead atoms. The third kappa shape index (κ3) is 4.77. The normalized spacial score (nSPS) is 18.0. The maximum absolute atomic E-state index is 6.09. The lowest BCUT2D eigenvalue weighted by molar-refractivity contribution is 0.0979. The molecule has 0 spiro atoms. The second-order valence-electron chi connectivity index (χ2n) is 5.26. The zero-order valence-corrected chi connectivity index (χ0v) is 13.3. The molecule has 0 radical (unpaired) electrons. The van der Waals surface area contributed by atoms with E-state index in [1.54, 1.807) is 13.2 Å². The number of nitrogens with two attached hydrogens (primary N) is 1. The Morgan fingerprint density at radius 3 is 2.95 bits per heavy atom. The topological polar surface area (TPSA) is 53.7 Å². The minimum atomic E-state index is 0.407. The highest BCUT2D eigenvalue weighted by Crippen LogP contribution is 2.35. The molecule has 0 amide bonds. The van der Waals surface area contributed by atoms with Gasteiger partial charge in [-0.05, 0) is 44.7 Å². The summed E-state index contributed by atoms with van der Waals surface area (Å²) in [5, 5.41) is 0.641. The van der Waals surface area contributed by atoms with Gasteiger partial charge < -0.3 is 19.9 Å². The molecule has 2 rings (SSSR count). The molecule has 1 atom stereocenters. The quantitative estimate of drug-likeness (QED) is 0.749. The Morgan fingerprint density at radius 1 is 1.43 bits per heavy atom. The van der Waals surface area contributed by atoms with E-state index < -0.39 is 0 Å². The molecule has 1 aromatic carbocycles. The van der Waals surface area contributed by atoms with Crippen LogP contribution in [0.25, 0.3) is 0 Å². The predicted molar refractivity (Wildman–Crippen MR) is 84.5 cm³/mol. The second-order valence-corrected chi connectivity index (χ2v) is 5.70. The number of rotatable bonds is 8. The van der Waals surface area contributed by atoms with Crippen molar-refractivity contribution in [3.63, 3.8) is 0 Å². The molecule has 1 aliphatic rings. The Bertz CT molecular complexity index is 447. The first-order valence-corrected chi connectivity index (χ1v) is 7.93. The Kier molecular flexibility index (Phi) is 6.61. The number of hydrogen-bond acceptors (Lipinski definition) is 4. The summed E-state index contributed by atoms with van der Waals surface area (Å²) < 4.78 is 16.9. The van der Waals surface area contributed by atoms with Crippen molar-refractivity contribution < 1.29 is 14.2 Å². The molecule has 0 saturated carbocycles. The van der Waals surface area contributed by atoms with Crippen molar-refractivity contribution in [3.8, 4) is 11.5 Å². The van der Waals surface area contributed by atoms with Crippen LogP contribution in [0.2, 0.25) is 5.02 Å². The number of ether oxygens (including phenoxy) is 3. The van der Waals surface area contributed by atoms with E-state index in [9.17, 15) is 0 Å². The fourth-order valence-electron chi connectivity index (χ4n) is 2.64. The molecule has 0 aliphatic carbocycles. The van der Waals surface area contributed by atoms with Crippen LogP contribution < -0.4 is 15.2 Å². The maximum Gasteiger partial charge on any atom is 0.164 e. The molecule has 1 fully saturated rings. The van der Waals surface area contributed by atoms with E-state index in [0.29, 0.717) is 30.0 Å². The standard InChI is InChI=1S/C16H24ClNO3/c1-19-15-11-13(17)10-12(6-7-18)16(15)21-9-3-5-14-4-2-8-20-14/h10-11,14H,2-9,18H2,1H3. The lowest BCUT2D eigenvalue weighted by Gasteiger charge is -2.16. The highest BCUT2D eigenvalue weighted by molar-refractivity contribution is 6.30. The summed E-state index contributed by atoms with van der Waals surface area (Å²) >= 11 is 6.09. The van der Waals surface area contributed by atoms with Crippen molar-refractivity contribution in [3.05, 3.63) is 22.7 Å². The monoisotopic (exact) mass is 313 g/mol. The van der Waals surface area contributed by atoms with Gasteiger partial charge in [0.2, 0.25) is 0 Å². The minimum absolute atomic E-state index is 0.407. The van der Waals surface area contributed by atoms with Crippen LogP contribution in [0.3, 0.4) is 0 Å². The van der Waals surface area contributed by atoms with Gasteiger partial charge in [-0.15, -0.1) is 0 Å². The molecule has 1 unspecified atom stereocenters. The van der Waals surface area contributed by atoms with Gasteiger partial charge in [0, 0.05) is 23.3 Å². The number of methoxy groups -OCH3 is 1. The van der Waals surface area contributed by atoms with Gasteiger partial charge in [-0.25, -0.2) is 0 Å². The highest BCUT2D eigenvalue weighted by atomic mass is 35.5.